The van der Waals surface area contributed by atoms with Crippen LogP contribution in [0.4, 0.5) is 0 Å². The molecule has 0 radical (unpaired) electrons. The summed E-state index contributed by atoms with van der Waals surface area (Å²) in [4.78, 5) is 30.2. The van der Waals surface area contributed by atoms with Crippen LogP contribution in [0.1, 0.15) is 18.4 Å². The Morgan fingerprint density at radius 3 is 2.31 bits per heavy atom. The molecule has 0 aliphatic heterocycles. The molecule has 3 aromatic heterocycles. The van der Waals surface area contributed by atoms with Crippen molar-refractivity contribution in [1.82, 2.24) is 19.9 Å². The SMILES string of the molecule is CCc1nc2c(sc3nc(-c4ccc(-c5ccccc5)cc4)nc(C)c32)c(=O)[nH]1. The molecular formula is C23H18N4OS. The predicted molar refractivity (Wildman–Crippen MR) is 118 cm³/mol. The van der Waals surface area contributed by atoms with Gasteiger partial charge in [0.25, 0.3) is 5.56 Å². The van der Waals surface area contributed by atoms with Crippen LogP contribution in [0.25, 0.3) is 42.9 Å². The number of aromatic nitrogens is 4. The van der Waals surface area contributed by atoms with Crippen molar-refractivity contribution in [2.75, 3.05) is 0 Å². The first-order valence-electron chi connectivity index (χ1n) is 9.50. The molecule has 0 bridgehead atoms. The number of nitrogens with one attached hydrogen (secondary N) is 1. The van der Waals surface area contributed by atoms with E-state index in [1.54, 1.807) is 0 Å². The molecule has 0 saturated heterocycles. The van der Waals surface area contributed by atoms with E-state index in [0.717, 1.165) is 27.0 Å². The lowest BCUT2D eigenvalue weighted by molar-refractivity contribution is 0.947. The van der Waals surface area contributed by atoms with E-state index in [4.69, 9.17) is 9.97 Å². The van der Waals surface area contributed by atoms with E-state index in [1.165, 1.54) is 16.9 Å². The number of aromatic amines is 1. The first-order chi connectivity index (χ1) is 14.1. The minimum Gasteiger partial charge on any atom is -0.309 e. The van der Waals surface area contributed by atoms with Crippen molar-refractivity contribution in [3.8, 4) is 22.5 Å². The van der Waals surface area contributed by atoms with Gasteiger partial charge in [-0.2, -0.15) is 0 Å². The van der Waals surface area contributed by atoms with Crippen molar-refractivity contribution in [2.45, 2.75) is 20.3 Å². The van der Waals surface area contributed by atoms with Crippen LogP contribution in [0.15, 0.2) is 59.4 Å². The third-order valence-corrected chi connectivity index (χ3v) is 6.07. The number of thiophene rings is 1. The van der Waals surface area contributed by atoms with Crippen molar-refractivity contribution in [1.29, 1.82) is 0 Å². The third kappa shape index (κ3) is 3.02. The van der Waals surface area contributed by atoms with Gasteiger partial charge in [-0.05, 0) is 18.1 Å². The number of rotatable bonds is 3. The zero-order chi connectivity index (χ0) is 20.0. The van der Waals surface area contributed by atoms with Crippen LogP contribution in [-0.2, 0) is 6.42 Å². The molecule has 5 nitrogen and oxygen atoms in total. The van der Waals surface area contributed by atoms with E-state index >= 15 is 0 Å². The number of hydrogen-bond donors (Lipinski definition) is 1. The highest BCUT2D eigenvalue weighted by Crippen LogP contribution is 2.33. The zero-order valence-electron chi connectivity index (χ0n) is 16.1. The molecule has 29 heavy (non-hydrogen) atoms. The molecule has 0 atom stereocenters. The van der Waals surface area contributed by atoms with Crippen LogP contribution >= 0.6 is 11.3 Å². The Kier molecular flexibility index (Phi) is 4.21. The van der Waals surface area contributed by atoms with Gasteiger partial charge in [-0.25, -0.2) is 15.0 Å². The second-order valence-corrected chi connectivity index (χ2v) is 7.90. The molecule has 5 aromatic rings. The molecule has 2 aromatic carbocycles. The number of nitrogens with zero attached hydrogens (tertiary/aromatic N) is 3. The van der Waals surface area contributed by atoms with Gasteiger partial charge in [0.2, 0.25) is 0 Å². The molecule has 0 aliphatic rings. The van der Waals surface area contributed by atoms with Crippen molar-refractivity contribution in [2.24, 2.45) is 0 Å². The lowest BCUT2D eigenvalue weighted by Gasteiger charge is -2.05. The van der Waals surface area contributed by atoms with Gasteiger partial charge in [0.1, 0.15) is 20.9 Å². The molecule has 0 amide bonds. The second-order valence-electron chi connectivity index (χ2n) is 6.90. The molecular weight excluding hydrogens is 380 g/mol. The minimum absolute atomic E-state index is 0.108. The van der Waals surface area contributed by atoms with Gasteiger partial charge < -0.3 is 4.98 Å². The fourth-order valence-electron chi connectivity index (χ4n) is 3.50. The summed E-state index contributed by atoms with van der Waals surface area (Å²) in [5.74, 6) is 1.34. The monoisotopic (exact) mass is 398 g/mol. The maximum atomic E-state index is 12.4. The number of H-pyrrole nitrogens is 1. The van der Waals surface area contributed by atoms with Gasteiger partial charge in [-0.3, -0.25) is 4.79 Å². The Morgan fingerprint density at radius 1 is 0.897 bits per heavy atom. The molecule has 0 fully saturated rings. The molecule has 0 unspecified atom stereocenters. The molecule has 0 spiro atoms. The van der Waals surface area contributed by atoms with E-state index in [1.807, 2.05) is 44.2 Å². The molecule has 5 rings (SSSR count). The fourth-order valence-corrected chi connectivity index (χ4v) is 4.56. The maximum Gasteiger partial charge on any atom is 0.268 e. The standard InChI is InChI=1S/C23H18N4OS/c1-3-17-25-19-18-13(2)24-21(27-23(18)29-20(19)22(28)26-17)16-11-9-15(10-12-16)14-7-5-4-6-8-14/h4-12H,3H2,1-2H3,(H,25,26,28). The van der Waals surface area contributed by atoms with E-state index in [9.17, 15) is 4.79 Å². The van der Waals surface area contributed by atoms with Gasteiger partial charge in [0.15, 0.2) is 5.82 Å². The average Bonchev–Trinajstić information content (AvgIpc) is 3.14. The van der Waals surface area contributed by atoms with Gasteiger partial charge in [-0.1, -0.05) is 61.5 Å². The summed E-state index contributed by atoms with van der Waals surface area (Å²) in [5.41, 5.74) is 4.70. The van der Waals surface area contributed by atoms with E-state index in [-0.39, 0.29) is 5.56 Å². The average molecular weight is 398 g/mol. The molecule has 6 heteroatoms. The normalized spacial score (nSPS) is 11.4. The van der Waals surface area contributed by atoms with Crippen LogP contribution in [0.2, 0.25) is 0 Å². The van der Waals surface area contributed by atoms with E-state index in [2.05, 4.69) is 34.2 Å². The third-order valence-electron chi connectivity index (χ3n) is 5.00. The fraction of sp³-hybridized carbons (Fsp3) is 0.130. The predicted octanol–water partition coefficient (Wildman–Crippen LogP) is 5.13. The molecule has 3 heterocycles. The molecule has 0 aliphatic carbocycles. The highest BCUT2D eigenvalue weighted by Gasteiger charge is 2.16. The van der Waals surface area contributed by atoms with Crippen molar-refractivity contribution in [3.63, 3.8) is 0 Å². The van der Waals surface area contributed by atoms with Crippen LogP contribution in [0, 0.1) is 6.92 Å². The molecule has 0 saturated carbocycles. The molecule has 1 N–H and O–H groups in total. The first kappa shape index (κ1) is 17.7. The largest absolute Gasteiger partial charge is 0.309 e. The summed E-state index contributed by atoms with van der Waals surface area (Å²) in [6.45, 7) is 3.92. The zero-order valence-corrected chi connectivity index (χ0v) is 16.9. The van der Waals surface area contributed by atoms with Gasteiger partial charge in [0, 0.05) is 12.0 Å². The Labute approximate surface area is 171 Å². The summed E-state index contributed by atoms with van der Waals surface area (Å²) in [6.07, 6.45) is 0.675. The highest BCUT2D eigenvalue weighted by atomic mass is 32.1. The van der Waals surface area contributed by atoms with Crippen molar-refractivity contribution < 1.29 is 0 Å². The van der Waals surface area contributed by atoms with Gasteiger partial charge >= 0.3 is 0 Å². The lowest BCUT2D eigenvalue weighted by atomic mass is 10.0. The summed E-state index contributed by atoms with van der Waals surface area (Å²) in [5, 5.41) is 0.871. The molecule has 142 valence electrons. The van der Waals surface area contributed by atoms with Gasteiger partial charge in [-0.15, -0.1) is 11.3 Å². The number of fused-ring (bicyclic) bond motifs is 3. The van der Waals surface area contributed by atoms with Crippen LogP contribution in [0.3, 0.4) is 0 Å². The van der Waals surface area contributed by atoms with Crippen LogP contribution in [0.5, 0.6) is 0 Å². The lowest BCUT2D eigenvalue weighted by Crippen LogP contribution is -2.09. The van der Waals surface area contributed by atoms with Crippen molar-refractivity contribution >= 4 is 31.8 Å². The van der Waals surface area contributed by atoms with E-state index < -0.39 is 0 Å². The number of aryl methyl sites for hydroxylation is 2. The topological polar surface area (TPSA) is 71.5 Å². The number of benzene rings is 2. The summed E-state index contributed by atoms with van der Waals surface area (Å²) < 4.78 is 0.603. The van der Waals surface area contributed by atoms with E-state index in [0.29, 0.717) is 28.3 Å². The Balaban J connectivity index is 1.64. The highest BCUT2D eigenvalue weighted by molar-refractivity contribution is 7.25. The summed E-state index contributed by atoms with van der Waals surface area (Å²) in [7, 11) is 0. The first-order valence-corrected chi connectivity index (χ1v) is 10.3. The quantitative estimate of drug-likeness (QED) is 0.457. The minimum atomic E-state index is -0.108. The number of hydrogen-bond acceptors (Lipinski definition) is 5. The maximum absolute atomic E-state index is 12.4. The Hall–Kier alpha value is -3.38. The van der Waals surface area contributed by atoms with Crippen LogP contribution in [-0.4, -0.2) is 19.9 Å². The van der Waals surface area contributed by atoms with Gasteiger partial charge in [0.05, 0.1) is 11.1 Å². The van der Waals surface area contributed by atoms with Crippen LogP contribution < -0.4 is 5.56 Å². The van der Waals surface area contributed by atoms with Crippen molar-refractivity contribution in [3.05, 3.63) is 76.5 Å². The summed E-state index contributed by atoms with van der Waals surface area (Å²) >= 11 is 1.37. The Bertz CT molecular complexity index is 1400. The Morgan fingerprint density at radius 2 is 1.59 bits per heavy atom. The second kappa shape index (κ2) is 6.90. The smallest absolute Gasteiger partial charge is 0.268 e. The summed E-state index contributed by atoms with van der Waals surface area (Å²) in [6, 6.07) is 18.5.